The van der Waals surface area contributed by atoms with Crippen molar-refractivity contribution in [2.75, 3.05) is 0 Å². The van der Waals surface area contributed by atoms with Gasteiger partial charge in [0.15, 0.2) is 0 Å². The van der Waals surface area contributed by atoms with Gasteiger partial charge in [0.1, 0.15) is 11.5 Å². The Bertz CT molecular complexity index is 578. The largest absolute Gasteiger partial charge is 2.00 e. The van der Waals surface area contributed by atoms with E-state index in [2.05, 4.69) is 0 Å². The Hall–Kier alpha value is -0.714. The fraction of sp³-hybridized carbons (Fsp3) is 0.250. The van der Waals surface area contributed by atoms with Crippen molar-refractivity contribution in [3.05, 3.63) is 59.7 Å². The number of phosphoric ester groups is 1. The second-order valence-electron chi connectivity index (χ2n) is 4.62. The number of halogens is 1. The summed E-state index contributed by atoms with van der Waals surface area (Å²) < 4.78 is 21.7. The zero-order valence-corrected chi connectivity index (χ0v) is 16.3. The van der Waals surface area contributed by atoms with Crippen LogP contribution in [0.2, 0.25) is 0 Å². The fourth-order valence-corrected chi connectivity index (χ4v) is 2.65. The molecule has 0 saturated heterocycles. The summed E-state index contributed by atoms with van der Waals surface area (Å²) in [5.41, 5.74) is 2.22. The predicted molar refractivity (Wildman–Crippen MR) is 86.3 cm³/mol. The van der Waals surface area contributed by atoms with Crippen LogP contribution in [-0.2, 0) is 17.4 Å². The van der Waals surface area contributed by atoms with Crippen LogP contribution in [-0.4, -0.2) is 23.1 Å². The molecule has 0 N–H and O–H groups in total. The van der Waals surface area contributed by atoms with Gasteiger partial charge in [0, 0.05) is 0 Å². The summed E-state index contributed by atoms with van der Waals surface area (Å²) in [4.78, 5) is 11.9. The Morgan fingerprint density at radius 2 is 1.13 bits per heavy atom. The molecule has 0 fully saturated rings. The van der Waals surface area contributed by atoms with E-state index in [1.807, 2.05) is 38.1 Å². The maximum absolute atomic E-state index is 11.9. The van der Waals surface area contributed by atoms with Gasteiger partial charge in [-0.05, 0) is 48.2 Å². The summed E-state index contributed by atoms with van der Waals surface area (Å²) in [7, 11) is -4.43. The molecule has 0 aromatic heterocycles. The number of hydrogen-bond donors (Lipinski definition) is 0. The molecular formula is C16H18ClMgO4P. The van der Waals surface area contributed by atoms with E-state index in [0.717, 1.165) is 24.0 Å². The van der Waals surface area contributed by atoms with E-state index >= 15 is 0 Å². The third-order valence-corrected chi connectivity index (χ3v) is 3.97. The molecule has 2 aromatic carbocycles. The first-order valence-corrected chi connectivity index (χ1v) is 8.36. The van der Waals surface area contributed by atoms with E-state index in [1.54, 1.807) is 24.3 Å². The van der Waals surface area contributed by atoms with Crippen molar-refractivity contribution in [1.82, 2.24) is 0 Å². The summed E-state index contributed by atoms with van der Waals surface area (Å²) in [6.45, 7) is 4.05. The molecule has 0 spiro atoms. The fourth-order valence-electron chi connectivity index (χ4n) is 1.85. The first-order valence-electron chi connectivity index (χ1n) is 6.90. The first kappa shape index (κ1) is 22.3. The van der Waals surface area contributed by atoms with Gasteiger partial charge in [-0.25, -0.2) is 4.57 Å². The molecule has 0 saturated carbocycles. The van der Waals surface area contributed by atoms with Crippen LogP contribution < -0.4 is 26.3 Å². The summed E-state index contributed by atoms with van der Waals surface area (Å²) in [5.74, 6) is 0.492. The quantitative estimate of drug-likeness (QED) is 0.548. The van der Waals surface area contributed by atoms with Crippen molar-refractivity contribution in [1.29, 1.82) is 0 Å². The zero-order chi connectivity index (χ0) is 15.3. The maximum atomic E-state index is 11.9. The van der Waals surface area contributed by atoms with E-state index in [1.165, 1.54) is 0 Å². The van der Waals surface area contributed by atoms with E-state index in [4.69, 9.17) is 9.05 Å². The Morgan fingerprint density at radius 3 is 1.39 bits per heavy atom. The van der Waals surface area contributed by atoms with Gasteiger partial charge in [-0.2, -0.15) is 0 Å². The summed E-state index contributed by atoms with van der Waals surface area (Å²) in [5, 5.41) is 0. The summed E-state index contributed by atoms with van der Waals surface area (Å²) in [6.07, 6.45) is 1.77. The summed E-state index contributed by atoms with van der Waals surface area (Å²) in [6, 6.07) is 13.8. The molecule has 0 bridgehead atoms. The Balaban J connectivity index is 0.00000242. The number of phosphoric acid groups is 1. The standard InChI is InChI=1S/C16H19O4P.ClH.Mg/c1-3-13-5-9-15(10-6-13)19-21(17,18)20-16-11-7-14(4-2)8-12-16;;/h5-12H,3-4H2,1-2H3,(H,17,18);1H;/q;;+2/p-2. The van der Waals surface area contributed by atoms with Gasteiger partial charge in [-0.15, -0.1) is 0 Å². The molecule has 2 aromatic rings. The van der Waals surface area contributed by atoms with Crippen LogP contribution in [0.25, 0.3) is 0 Å². The van der Waals surface area contributed by atoms with Crippen molar-refractivity contribution < 1.29 is 30.9 Å². The van der Waals surface area contributed by atoms with Crippen LogP contribution in [0.5, 0.6) is 11.5 Å². The number of rotatable bonds is 6. The van der Waals surface area contributed by atoms with Gasteiger partial charge in [0.25, 0.3) is 0 Å². The predicted octanol–water partition coefficient (Wildman–Crippen LogP) is 0.361. The third kappa shape index (κ3) is 7.15. The average Bonchev–Trinajstić information content (AvgIpc) is 2.48. The van der Waals surface area contributed by atoms with Crippen LogP contribution in [0, 0.1) is 0 Å². The molecule has 23 heavy (non-hydrogen) atoms. The molecule has 120 valence electrons. The van der Waals surface area contributed by atoms with Crippen LogP contribution in [0.1, 0.15) is 25.0 Å². The molecule has 0 atom stereocenters. The minimum absolute atomic E-state index is 0. The Kier molecular flexibility index (Phi) is 9.90. The molecule has 2 rings (SSSR count). The SMILES string of the molecule is CCc1ccc(OP(=O)([O-])Oc2ccc(CC)cc2)cc1.[Cl-].[Mg+2]. The smallest absolute Gasteiger partial charge is 1.00 e. The molecule has 0 aliphatic rings. The maximum Gasteiger partial charge on any atom is 2.00 e. The topological polar surface area (TPSA) is 58.6 Å². The minimum atomic E-state index is -4.43. The molecule has 0 amide bonds. The van der Waals surface area contributed by atoms with Gasteiger partial charge < -0.3 is 26.3 Å². The van der Waals surface area contributed by atoms with Crippen LogP contribution >= 0.6 is 7.82 Å². The Labute approximate surface area is 159 Å². The zero-order valence-electron chi connectivity index (χ0n) is 13.2. The van der Waals surface area contributed by atoms with Gasteiger partial charge in [-0.3, -0.25) is 0 Å². The minimum Gasteiger partial charge on any atom is -1.00 e. The molecule has 0 aliphatic heterocycles. The molecule has 0 heterocycles. The Morgan fingerprint density at radius 1 is 0.826 bits per heavy atom. The van der Waals surface area contributed by atoms with Crippen molar-refractivity contribution in [3.63, 3.8) is 0 Å². The normalized spacial score (nSPS) is 10.2. The van der Waals surface area contributed by atoms with E-state index < -0.39 is 7.82 Å². The number of benzene rings is 2. The van der Waals surface area contributed by atoms with Crippen LogP contribution in [0.3, 0.4) is 0 Å². The van der Waals surface area contributed by atoms with E-state index in [9.17, 15) is 9.46 Å². The molecule has 0 radical (unpaired) electrons. The molecule has 4 nitrogen and oxygen atoms in total. The average molecular weight is 365 g/mol. The van der Waals surface area contributed by atoms with Crippen LogP contribution in [0.4, 0.5) is 0 Å². The van der Waals surface area contributed by atoms with Gasteiger partial charge in [0.05, 0.1) is 0 Å². The first-order chi connectivity index (χ1) is 10.0. The van der Waals surface area contributed by atoms with Crippen molar-refractivity contribution in [3.8, 4) is 11.5 Å². The van der Waals surface area contributed by atoms with Crippen molar-refractivity contribution >= 4 is 30.9 Å². The molecule has 0 unspecified atom stereocenters. The third-order valence-electron chi connectivity index (χ3n) is 3.10. The van der Waals surface area contributed by atoms with Crippen molar-refractivity contribution in [2.24, 2.45) is 0 Å². The monoisotopic (exact) mass is 364 g/mol. The van der Waals surface area contributed by atoms with E-state index in [-0.39, 0.29) is 47.0 Å². The summed E-state index contributed by atoms with van der Waals surface area (Å²) >= 11 is 0. The molecule has 0 aliphatic carbocycles. The van der Waals surface area contributed by atoms with Gasteiger partial charge in [0.2, 0.25) is 0 Å². The van der Waals surface area contributed by atoms with Crippen LogP contribution in [0.15, 0.2) is 48.5 Å². The van der Waals surface area contributed by atoms with Crippen molar-refractivity contribution in [2.45, 2.75) is 26.7 Å². The second-order valence-corrected chi connectivity index (χ2v) is 5.88. The van der Waals surface area contributed by atoms with Gasteiger partial charge in [-0.1, -0.05) is 38.1 Å². The molecular weight excluding hydrogens is 347 g/mol. The number of hydrogen-bond acceptors (Lipinski definition) is 4. The second kappa shape index (κ2) is 10.2. The van der Waals surface area contributed by atoms with Gasteiger partial charge >= 0.3 is 30.9 Å². The molecule has 7 heteroatoms. The number of aryl methyl sites for hydroxylation is 2. The van der Waals surface area contributed by atoms with E-state index in [0.29, 0.717) is 0 Å².